The molecular formula is C21H17IN2O5S. The molecule has 0 radical (unpaired) electrons. The Morgan fingerprint density at radius 2 is 2.03 bits per heavy atom. The van der Waals surface area contributed by atoms with Gasteiger partial charge in [-0.2, -0.15) is 10.5 Å². The number of phenols is 1. The molecular weight excluding hydrogens is 519 g/mol. The summed E-state index contributed by atoms with van der Waals surface area (Å²) in [7, 11) is 1.40. The minimum Gasteiger partial charge on any atom is -0.504 e. The van der Waals surface area contributed by atoms with Crippen LogP contribution in [0, 0.1) is 33.2 Å². The van der Waals surface area contributed by atoms with E-state index < -0.39 is 11.8 Å². The molecule has 0 aliphatic carbocycles. The Bertz CT molecular complexity index is 1120. The second-order valence-corrected chi connectivity index (χ2v) is 8.28. The topological polar surface area (TPSA) is 120 Å². The first-order valence-electron chi connectivity index (χ1n) is 8.68. The van der Waals surface area contributed by atoms with E-state index in [-0.39, 0.29) is 40.5 Å². The van der Waals surface area contributed by atoms with E-state index in [4.69, 9.17) is 9.47 Å². The molecule has 1 aromatic carbocycles. The van der Waals surface area contributed by atoms with Crippen molar-refractivity contribution in [1.29, 1.82) is 10.5 Å². The molecule has 0 saturated heterocycles. The molecule has 0 aliphatic heterocycles. The van der Waals surface area contributed by atoms with Crippen LogP contribution < -0.4 is 4.74 Å². The molecule has 2 aromatic rings. The van der Waals surface area contributed by atoms with Crippen LogP contribution in [0.15, 0.2) is 17.7 Å². The number of methoxy groups -OCH3 is 1. The highest BCUT2D eigenvalue weighted by Gasteiger charge is 2.23. The molecule has 30 heavy (non-hydrogen) atoms. The molecule has 0 spiro atoms. The molecule has 1 N–H and O–H groups in total. The van der Waals surface area contributed by atoms with Crippen LogP contribution in [0.25, 0.3) is 6.08 Å². The second kappa shape index (κ2) is 10.2. The summed E-state index contributed by atoms with van der Waals surface area (Å²) in [4.78, 5) is 25.5. The molecule has 0 amide bonds. The maximum Gasteiger partial charge on any atom is 0.348 e. The van der Waals surface area contributed by atoms with Crippen LogP contribution in [0.5, 0.6) is 11.5 Å². The molecule has 1 heterocycles. The van der Waals surface area contributed by atoms with Crippen molar-refractivity contribution in [2.45, 2.75) is 20.3 Å². The largest absolute Gasteiger partial charge is 0.504 e. The van der Waals surface area contributed by atoms with Gasteiger partial charge in [0.1, 0.15) is 17.0 Å². The first-order valence-corrected chi connectivity index (χ1v) is 10.6. The molecule has 0 fully saturated rings. The highest BCUT2D eigenvalue weighted by Crippen LogP contribution is 2.33. The predicted molar refractivity (Wildman–Crippen MR) is 119 cm³/mol. The summed E-state index contributed by atoms with van der Waals surface area (Å²) in [6, 6.07) is 7.02. The number of benzene rings is 1. The van der Waals surface area contributed by atoms with Gasteiger partial charge >= 0.3 is 5.97 Å². The van der Waals surface area contributed by atoms with Crippen molar-refractivity contribution in [3.8, 4) is 23.6 Å². The molecule has 0 bridgehead atoms. The lowest BCUT2D eigenvalue weighted by atomic mass is 10.0. The summed E-state index contributed by atoms with van der Waals surface area (Å²) < 4.78 is 10.6. The number of thiophene rings is 1. The number of esters is 1. The number of allylic oxidation sites excluding steroid dienone is 1. The van der Waals surface area contributed by atoms with Crippen molar-refractivity contribution in [3.63, 3.8) is 0 Å². The number of phenolic OH excluding ortho intramolecular Hbond substituents is 1. The Hall–Kier alpha value is -2.89. The van der Waals surface area contributed by atoms with E-state index in [1.165, 1.54) is 19.3 Å². The van der Waals surface area contributed by atoms with Crippen LogP contribution in [0.3, 0.4) is 0 Å². The van der Waals surface area contributed by atoms with Gasteiger partial charge < -0.3 is 14.6 Å². The number of nitrogens with zero attached hydrogens (tertiary/aromatic N) is 2. The molecule has 1 aromatic heterocycles. The van der Waals surface area contributed by atoms with Gasteiger partial charge in [-0.25, -0.2) is 4.79 Å². The summed E-state index contributed by atoms with van der Waals surface area (Å²) in [5.74, 6) is -0.846. The SMILES string of the molecule is CCOC(=O)c1sc(CC(=O)/C(C#N)=C/c2cc(I)c(O)c(OC)c2)c(C#N)c1C. The Kier molecular flexibility index (Phi) is 7.98. The van der Waals surface area contributed by atoms with Gasteiger partial charge in [0.05, 0.1) is 28.4 Å². The van der Waals surface area contributed by atoms with Gasteiger partial charge in [0.2, 0.25) is 0 Å². The number of carbonyl (C=O) groups excluding carboxylic acids is 2. The Balaban J connectivity index is 2.39. The average molecular weight is 536 g/mol. The van der Waals surface area contributed by atoms with Gasteiger partial charge in [-0.1, -0.05) is 0 Å². The average Bonchev–Trinajstić information content (AvgIpc) is 3.03. The molecule has 7 nitrogen and oxygen atoms in total. The number of nitriles is 2. The predicted octanol–water partition coefficient (Wildman–Crippen LogP) is 4.14. The highest BCUT2D eigenvalue weighted by molar-refractivity contribution is 14.1. The Morgan fingerprint density at radius 1 is 1.33 bits per heavy atom. The number of ketones is 1. The van der Waals surface area contributed by atoms with Crippen LogP contribution in [-0.2, 0) is 16.0 Å². The number of ether oxygens (including phenoxy) is 2. The van der Waals surface area contributed by atoms with Gasteiger partial charge in [0, 0.05) is 11.3 Å². The van der Waals surface area contributed by atoms with Crippen molar-refractivity contribution in [1.82, 2.24) is 0 Å². The van der Waals surface area contributed by atoms with Gasteiger partial charge in [0.25, 0.3) is 0 Å². The normalized spacial score (nSPS) is 10.8. The first-order chi connectivity index (χ1) is 14.3. The highest BCUT2D eigenvalue weighted by atomic mass is 127. The van der Waals surface area contributed by atoms with Crippen LogP contribution in [-0.4, -0.2) is 30.6 Å². The van der Waals surface area contributed by atoms with Crippen molar-refractivity contribution in [2.24, 2.45) is 0 Å². The number of hydrogen-bond donors (Lipinski definition) is 1. The summed E-state index contributed by atoms with van der Waals surface area (Å²) in [5.41, 5.74) is 1.10. The van der Waals surface area contributed by atoms with Crippen molar-refractivity contribution >= 4 is 51.8 Å². The first kappa shape index (κ1) is 23.4. The maximum atomic E-state index is 12.7. The summed E-state index contributed by atoms with van der Waals surface area (Å²) in [5, 5.41) is 28.9. The zero-order valence-electron chi connectivity index (χ0n) is 16.4. The fraction of sp³-hybridized carbons (Fsp3) is 0.238. The number of hydrogen-bond acceptors (Lipinski definition) is 8. The van der Waals surface area contributed by atoms with Crippen LogP contribution in [0.2, 0.25) is 0 Å². The third-order valence-electron chi connectivity index (χ3n) is 4.12. The van der Waals surface area contributed by atoms with E-state index in [9.17, 15) is 25.2 Å². The number of rotatable bonds is 7. The fourth-order valence-corrected chi connectivity index (χ4v) is 4.42. The summed E-state index contributed by atoms with van der Waals surface area (Å²) in [6.45, 7) is 3.50. The Morgan fingerprint density at radius 3 is 2.60 bits per heavy atom. The monoisotopic (exact) mass is 536 g/mol. The molecule has 0 aliphatic rings. The van der Waals surface area contributed by atoms with E-state index in [0.29, 0.717) is 19.6 Å². The van der Waals surface area contributed by atoms with Crippen LogP contribution in [0.1, 0.15) is 38.2 Å². The third kappa shape index (κ3) is 4.99. The quantitative estimate of drug-likeness (QED) is 0.244. The molecule has 0 unspecified atom stereocenters. The molecule has 9 heteroatoms. The van der Waals surface area contributed by atoms with Gasteiger partial charge in [0.15, 0.2) is 17.3 Å². The van der Waals surface area contributed by atoms with E-state index in [0.717, 1.165) is 11.3 Å². The van der Waals surface area contributed by atoms with Crippen LogP contribution >= 0.6 is 33.9 Å². The molecule has 0 atom stereocenters. The van der Waals surface area contributed by atoms with Gasteiger partial charge in [-0.3, -0.25) is 4.79 Å². The standard InChI is InChI=1S/C21H17IN2O5S/c1-4-29-21(27)20-11(2)14(10-24)18(30-20)8-16(25)13(9-23)5-12-6-15(22)19(26)17(7-12)28-3/h5-7,26H,4,8H2,1-3H3/b13-5+. The minimum absolute atomic E-state index is 0.0284. The third-order valence-corrected chi connectivity index (χ3v) is 6.21. The van der Waals surface area contributed by atoms with E-state index in [2.05, 4.69) is 0 Å². The summed E-state index contributed by atoms with van der Waals surface area (Å²) in [6.07, 6.45) is 1.20. The van der Waals surface area contributed by atoms with E-state index in [1.54, 1.807) is 19.9 Å². The van der Waals surface area contributed by atoms with Gasteiger partial charge in [-0.05, 0) is 65.8 Å². The molecule has 2 rings (SSSR count). The van der Waals surface area contributed by atoms with Gasteiger partial charge in [-0.15, -0.1) is 11.3 Å². The Labute approximate surface area is 191 Å². The number of aromatic hydroxyl groups is 1. The second-order valence-electron chi connectivity index (χ2n) is 6.01. The lowest BCUT2D eigenvalue weighted by Gasteiger charge is -2.07. The summed E-state index contributed by atoms with van der Waals surface area (Å²) >= 11 is 2.94. The number of Topliss-reactive ketones (excluding diaryl/α,β-unsaturated/α-hetero) is 1. The lowest BCUT2D eigenvalue weighted by Crippen LogP contribution is -2.05. The van der Waals surface area contributed by atoms with Crippen LogP contribution in [0.4, 0.5) is 0 Å². The number of halogens is 1. The van der Waals surface area contributed by atoms with E-state index in [1.807, 2.05) is 34.7 Å². The maximum absolute atomic E-state index is 12.7. The van der Waals surface area contributed by atoms with Crippen molar-refractivity contribution in [2.75, 3.05) is 13.7 Å². The zero-order chi connectivity index (χ0) is 22.4. The van der Waals surface area contributed by atoms with Crippen molar-refractivity contribution < 1.29 is 24.2 Å². The minimum atomic E-state index is -0.544. The zero-order valence-corrected chi connectivity index (χ0v) is 19.4. The fourth-order valence-electron chi connectivity index (χ4n) is 2.65. The van der Waals surface area contributed by atoms with Crippen molar-refractivity contribution in [3.05, 3.63) is 47.7 Å². The lowest BCUT2D eigenvalue weighted by molar-refractivity contribution is -0.114. The van der Waals surface area contributed by atoms with E-state index >= 15 is 0 Å². The smallest absolute Gasteiger partial charge is 0.348 e. The molecule has 0 saturated carbocycles. The molecule has 154 valence electrons. The number of carbonyl (C=O) groups is 2.